The number of imidazole rings is 1. The molecular formula is C16H12N4O3S3. The van der Waals surface area contributed by atoms with Crippen molar-refractivity contribution in [3.05, 3.63) is 59.0 Å². The third-order valence-electron chi connectivity index (χ3n) is 3.66. The molecule has 4 rings (SSSR count). The number of anilines is 1. The fourth-order valence-electron chi connectivity index (χ4n) is 2.41. The highest BCUT2D eigenvalue weighted by Crippen LogP contribution is 2.27. The molecule has 1 amide bonds. The summed E-state index contributed by atoms with van der Waals surface area (Å²) in [6, 6.07) is 9.61. The summed E-state index contributed by atoms with van der Waals surface area (Å²) in [7, 11) is -3.76. The summed E-state index contributed by atoms with van der Waals surface area (Å²) >= 11 is 2.96. The molecule has 3 N–H and O–H groups in total. The Labute approximate surface area is 156 Å². The summed E-state index contributed by atoms with van der Waals surface area (Å²) in [6.07, 6.45) is 1.83. The van der Waals surface area contributed by atoms with E-state index in [0.29, 0.717) is 11.4 Å². The first kappa shape index (κ1) is 16.9. The lowest BCUT2D eigenvalue weighted by Gasteiger charge is -2.05. The molecule has 132 valence electrons. The number of nitrogens with one attached hydrogen (secondary N) is 1. The van der Waals surface area contributed by atoms with E-state index in [1.54, 1.807) is 21.1 Å². The molecule has 0 saturated heterocycles. The highest BCUT2D eigenvalue weighted by molar-refractivity contribution is 7.89. The average Bonchev–Trinajstić information content (AvgIpc) is 3.30. The van der Waals surface area contributed by atoms with Gasteiger partial charge in [0.1, 0.15) is 11.4 Å². The summed E-state index contributed by atoms with van der Waals surface area (Å²) in [5.74, 6) is -0.310. The Balaban J connectivity index is 1.60. The van der Waals surface area contributed by atoms with Crippen molar-refractivity contribution in [3.8, 4) is 10.6 Å². The highest BCUT2D eigenvalue weighted by Gasteiger charge is 2.16. The molecule has 0 spiro atoms. The Bertz CT molecular complexity index is 1190. The Kier molecular flexibility index (Phi) is 4.11. The second-order valence-corrected chi connectivity index (χ2v) is 8.75. The van der Waals surface area contributed by atoms with Crippen molar-refractivity contribution in [2.24, 2.45) is 5.14 Å². The predicted molar refractivity (Wildman–Crippen MR) is 102 cm³/mol. The average molecular weight is 404 g/mol. The fraction of sp³-hybridized carbons (Fsp3) is 0. The van der Waals surface area contributed by atoms with Gasteiger partial charge in [-0.3, -0.25) is 9.20 Å². The number of nitrogens with zero attached hydrogens (tertiary/aromatic N) is 2. The zero-order chi connectivity index (χ0) is 18.3. The molecule has 0 fully saturated rings. The first-order valence-electron chi connectivity index (χ1n) is 7.36. The number of aromatic nitrogens is 2. The van der Waals surface area contributed by atoms with Crippen LogP contribution in [0.3, 0.4) is 0 Å². The van der Waals surface area contributed by atoms with E-state index in [1.165, 1.54) is 35.6 Å². The van der Waals surface area contributed by atoms with Crippen LogP contribution in [0, 0.1) is 0 Å². The molecule has 0 aliphatic heterocycles. The number of hydrogen-bond donors (Lipinski definition) is 2. The number of hydrogen-bond acceptors (Lipinski definition) is 6. The number of fused-ring (bicyclic) bond motifs is 1. The van der Waals surface area contributed by atoms with Crippen molar-refractivity contribution >= 4 is 49.3 Å². The molecule has 0 aliphatic rings. The first-order valence-corrected chi connectivity index (χ1v) is 10.7. The topological polar surface area (TPSA) is 107 Å². The Hall–Kier alpha value is -2.53. The van der Waals surface area contributed by atoms with Gasteiger partial charge in [-0.15, -0.1) is 22.7 Å². The van der Waals surface area contributed by atoms with Gasteiger partial charge in [0.15, 0.2) is 4.96 Å². The number of thiazole rings is 1. The van der Waals surface area contributed by atoms with Crippen molar-refractivity contribution in [2.75, 3.05) is 5.32 Å². The second-order valence-electron chi connectivity index (χ2n) is 5.40. The maximum absolute atomic E-state index is 12.6. The van der Waals surface area contributed by atoms with Gasteiger partial charge in [-0.25, -0.2) is 18.5 Å². The number of primary sulfonamides is 1. The van der Waals surface area contributed by atoms with E-state index in [0.717, 1.165) is 15.5 Å². The van der Waals surface area contributed by atoms with Gasteiger partial charge in [0.2, 0.25) is 10.0 Å². The highest BCUT2D eigenvalue weighted by atomic mass is 32.2. The van der Waals surface area contributed by atoms with Crippen LogP contribution in [0.1, 0.15) is 10.5 Å². The third kappa shape index (κ3) is 3.15. The van der Waals surface area contributed by atoms with Crippen LogP contribution in [0.25, 0.3) is 15.5 Å². The summed E-state index contributed by atoms with van der Waals surface area (Å²) in [6.45, 7) is 0. The van der Waals surface area contributed by atoms with E-state index < -0.39 is 10.0 Å². The van der Waals surface area contributed by atoms with Gasteiger partial charge in [-0.1, -0.05) is 6.07 Å². The van der Waals surface area contributed by atoms with Gasteiger partial charge in [0.05, 0.1) is 9.77 Å². The van der Waals surface area contributed by atoms with E-state index in [1.807, 2.05) is 23.7 Å². The van der Waals surface area contributed by atoms with Crippen LogP contribution in [0.15, 0.2) is 58.3 Å². The van der Waals surface area contributed by atoms with Gasteiger partial charge >= 0.3 is 0 Å². The second kappa shape index (κ2) is 6.32. The number of thiophene rings is 1. The molecule has 10 heteroatoms. The zero-order valence-corrected chi connectivity index (χ0v) is 15.6. The van der Waals surface area contributed by atoms with Crippen LogP contribution in [0.5, 0.6) is 0 Å². The Morgan fingerprint density at radius 1 is 1.15 bits per heavy atom. The van der Waals surface area contributed by atoms with Crippen LogP contribution in [-0.4, -0.2) is 23.7 Å². The number of rotatable bonds is 4. The first-order chi connectivity index (χ1) is 12.4. The molecule has 3 heterocycles. The molecule has 0 aliphatic carbocycles. The summed E-state index contributed by atoms with van der Waals surface area (Å²) in [4.78, 5) is 18.9. The van der Waals surface area contributed by atoms with Crippen molar-refractivity contribution < 1.29 is 13.2 Å². The minimum Gasteiger partial charge on any atom is -0.321 e. The quantitative estimate of drug-likeness (QED) is 0.545. The van der Waals surface area contributed by atoms with Crippen LogP contribution in [-0.2, 0) is 10.0 Å². The van der Waals surface area contributed by atoms with Gasteiger partial charge in [-0.2, -0.15) is 0 Å². The van der Waals surface area contributed by atoms with Crippen molar-refractivity contribution in [3.63, 3.8) is 0 Å². The van der Waals surface area contributed by atoms with E-state index >= 15 is 0 Å². The minimum absolute atomic E-state index is 0.0105. The number of nitrogens with two attached hydrogens (primary N) is 1. The van der Waals surface area contributed by atoms with Gasteiger partial charge in [-0.05, 0) is 35.7 Å². The number of carbonyl (C=O) groups excluding carboxylic acids is 1. The SMILES string of the molecule is NS(=O)(=O)c1ccc(NC(=O)c2csc3nc(-c4cccs4)cn23)cc1. The molecule has 0 saturated carbocycles. The summed E-state index contributed by atoms with van der Waals surface area (Å²) in [5.41, 5.74) is 1.74. The van der Waals surface area contributed by atoms with E-state index in [2.05, 4.69) is 10.3 Å². The molecule has 0 radical (unpaired) electrons. The fourth-order valence-corrected chi connectivity index (χ4v) is 4.46. The number of carbonyl (C=O) groups is 1. The van der Waals surface area contributed by atoms with Crippen LogP contribution >= 0.6 is 22.7 Å². The van der Waals surface area contributed by atoms with Gasteiger partial charge < -0.3 is 5.32 Å². The minimum atomic E-state index is -3.76. The smallest absolute Gasteiger partial charge is 0.273 e. The van der Waals surface area contributed by atoms with Crippen LogP contribution < -0.4 is 10.5 Å². The predicted octanol–water partition coefficient (Wildman–Crippen LogP) is 3.02. The lowest BCUT2D eigenvalue weighted by Crippen LogP contribution is -2.15. The summed E-state index contributed by atoms with van der Waals surface area (Å²) in [5, 5.41) is 11.5. The number of benzene rings is 1. The monoisotopic (exact) mass is 404 g/mol. The van der Waals surface area contributed by atoms with Crippen molar-refractivity contribution in [1.29, 1.82) is 0 Å². The molecule has 1 aromatic carbocycles. The molecule has 0 bridgehead atoms. The maximum atomic E-state index is 12.6. The molecule has 26 heavy (non-hydrogen) atoms. The normalized spacial score (nSPS) is 11.7. The lowest BCUT2D eigenvalue weighted by molar-refractivity contribution is 0.102. The van der Waals surface area contributed by atoms with Crippen LogP contribution in [0.4, 0.5) is 5.69 Å². The van der Waals surface area contributed by atoms with E-state index in [9.17, 15) is 13.2 Å². The number of amides is 1. The van der Waals surface area contributed by atoms with E-state index in [-0.39, 0.29) is 10.8 Å². The van der Waals surface area contributed by atoms with Gasteiger partial charge in [0.25, 0.3) is 5.91 Å². The van der Waals surface area contributed by atoms with Crippen molar-refractivity contribution in [2.45, 2.75) is 4.90 Å². The molecule has 4 aromatic rings. The Morgan fingerprint density at radius 3 is 2.58 bits per heavy atom. The molecule has 3 aromatic heterocycles. The molecule has 0 unspecified atom stereocenters. The molecule has 7 nitrogen and oxygen atoms in total. The summed E-state index contributed by atoms with van der Waals surface area (Å²) < 4.78 is 24.3. The lowest BCUT2D eigenvalue weighted by atomic mass is 10.3. The van der Waals surface area contributed by atoms with Gasteiger partial charge in [0, 0.05) is 17.3 Å². The zero-order valence-electron chi connectivity index (χ0n) is 13.1. The van der Waals surface area contributed by atoms with E-state index in [4.69, 9.17) is 5.14 Å². The van der Waals surface area contributed by atoms with Crippen LogP contribution in [0.2, 0.25) is 0 Å². The standard InChI is InChI=1S/C16H12N4O3S3/c17-26(22,23)11-5-3-10(4-6-11)18-15(21)13-9-25-16-19-12(8-20(13)16)14-2-1-7-24-14/h1-9H,(H,18,21)(H2,17,22,23). The Morgan fingerprint density at radius 2 is 1.92 bits per heavy atom. The third-order valence-corrected chi connectivity index (χ3v) is 6.32. The molecule has 0 atom stereocenters. The number of sulfonamides is 1. The largest absolute Gasteiger partial charge is 0.321 e. The van der Waals surface area contributed by atoms with Crippen molar-refractivity contribution in [1.82, 2.24) is 9.38 Å². The maximum Gasteiger partial charge on any atom is 0.273 e. The molecular weight excluding hydrogens is 392 g/mol.